The van der Waals surface area contributed by atoms with Crippen molar-refractivity contribution in [2.24, 2.45) is 0 Å². The minimum Gasteiger partial charge on any atom is -0.392 e. The molecule has 2 aromatic rings. The van der Waals surface area contributed by atoms with Crippen LogP contribution in [0.3, 0.4) is 0 Å². The molecular weight excluding hydrogens is 276 g/mol. The largest absolute Gasteiger partial charge is 0.392 e. The van der Waals surface area contributed by atoms with E-state index in [4.69, 9.17) is 0 Å². The van der Waals surface area contributed by atoms with Crippen LogP contribution in [-0.4, -0.2) is 44.0 Å². The van der Waals surface area contributed by atoms with E-state index in [1.165, 1.54) is 0 Å². The molecule has 0 bridgehead atoms. The van der Waals surface area contributed by atoms with E-state index in [-0.39, 0.29) is 6.10 Å². The van der Waals surface area contributed by atoms with Crippen molar-refractivity contribution < 1.29 is 5.11 Å². The number of aromatic nitrogens is 3. The molecule has 1 aliphatic heterocycles. The van der Waals surface area contributed by atoms with Crippen LogP contribution in [-0.2, 0) is 13.1 Å². The molecule has 0 spiro atoms. The van der Waals surface area contributed by atoms with Gasteiger partial charge in [0.1, 0.15) is 5.82 Å². The molecule has 2 heterocycles. The van der Waals surface area contributed by atoms with Gasteiger partial charge >= 0.3 is 0 Å². The first kappa shape index (κ1) is 14.9. The first-order valence-electron chi connectivity index (χ1n) is 7.76. The lowest BCUT2D eigenvalue weighted by molar-refractivity contribution is 0.0909. The van der Waals surface area contributed by atoms with Crippen LogP contribution < -0.4 is 0 Å². The predicted octanol–water partition coefficient (Wildman–Crippen LogP) is 2.09. The standard InChI is InChI=1S/C17H22N4O/c1-2-3-9-15(22)12-20-10-11-21-16(13-20)18-19-17(21)14-7-5-4-6-8-14/h2,4-8,15,22H,1,3,9-13H2. The summed E-state index contributed by atoms with van der Waals surface area (Å²) in [4.78, 5) is 2.24. The Bertz CT molecular complexity index is 623. The van der Waals surface area contributed by atoms with Crippen molar-refractivity contribution >= 4 is 0 Å². The fraction of sp³-hybridized carbons (Fsp3) is 0.412. The van der Waals surface area contributed by atoms with Crippen molar-refractivity contribution in [2.45, 2.75) is 32.0 Å². The van der Waals surface area contributed by atoms with Crippen LogP contribution in [0.4, 0.5) is 0 Å². The lowest BCUT2D eigenvalue weighted by Crippen LogP contribution is -2.38. The van der Waals surface area contributed by atoms with E-state index < -0.39 is 0 Å². The highest BCUT2D eigenvalue weighted by atomic mass is 16.3. The van der Waals surface area contributed by atoms with E-state index in [1.807, 2.05) is 24.3 Å². The first-order chi connectivity index (χ1) is 10.8. The van der Waals surface area contributed by atoms with E-state index in [0.29, 0.717) is 6.54 Å². The second-order valence-corrected chi connectivity index (χ2v) is 5.71. The lowest BCUT2D eigenvalue weighted by atomic mass is 10.1. The maximum absolute atomic E-state index is 10.0. The summed E-state index contributed by atoms with van der Waals surface area (Å²) in [5.74, 6) is 1.91. The van der Waals surface area contributed by atoms with Gasteiger partial charge < -0.3 is 9.67 Å². The van der Waals surface area contributed by atoms with Crippen LogP contribution in [0.25, 0.3) is 11.4 Å². The third-order valence-electron chi connectivity index (χ3n) is 4.04. The number of hydrogen-bond donors (Lipinski definition) is 1. The van der Waals surface area contributed by atoms with E-state index in [0.717, 1.165) is 49.7 Å². The number of aliphatic hydroxyl groups excluding tert-OH is 1. The normalized spacial score (nSPS) is 16.2. The summed E-state index contributed by atoms with van der Waals surface area (Å²) < 4.78 is 2.18. The maximum atomic E-state index is 10.0. The number of hydrogen-bond acceptors (Lipinski definition) is 4. The second kappa shape index (κ2) is 6.85. The highest BCUT2D eigenvalue weighted by molar-refractivity contribution is 5.55. The Labute approximate surface area is 130 Å². The number of nitrogens with zero attached hydrogens (tertiary/aromatic N) is 4. The van der Waals surface area contributed by atoms with E-state index >= 15 is 0 Å². The van der Waals surface area contributed by atoms with Gasteiger partial charge in [0.2, 0.25) is 0 Å². The Morgan fingerprint density at radius 3 is 2.82 bits per heavy atom. The average molecular weight is 298 g/mol. The van der Waals surface area contributed by atoms with Crippen LogP contribution in [0.15, 0.2) is 43.0 Å². The van der Waals surface area contributed by atoms with Crippen molar-refractivity contribution in [1.29, 1.82) is 0 Å². The topological polar surface area (TPSA) is 54.2 Å². The number of allylic oxidation sites excluding steroid dienone is 1. The fourth-order valence-electron chi connectivity index (χ4n) is 2.86. The van der Waals surface area contributed by atoms with Gasteiger partial charge in [0.05, 0.1) is 12.6 Å². The van der Waals surface area contributed by atoms with Crippen LogP contribution in [0.2, 0.25) is 0 Å². The first-order valence-corrected chi connectivity index (χ1v) is 7.76. The predicted molar refractivity (Wildman–Crippen MR) is 86.2 cm³/mol. The van der Waals surface area contributed by atoms with Crippen molar-refractivity contribution in [3.05, 3.63) is 48.8 Å². The molecule has 1 aromatic heterocycles. The lowest BCUT2D eigenvalue weighted by Gasteiger charge is -2.29. The highest BCUT2D eigenvalue weighted by Crippen LogP contribution is 2.21. The summed E-state index contributed by atoms with van der Waals surface area (Å²) in [6.45, 7) is 6.89. The molecule has 1 unspecified atom stereocenters. The fourth-order valence-corrected chi connectivity index (χ4v) is 2.86. The summed E-state index contributed by atoms with van der Waals surface area (Å²) in [6.07, 6.45) is 3.16. The van der Waals surface area contributed by atoms with Crippen LogP contribution in [0.1, 0.15) is 18.7 Å². The molecule has 5 nitrogen and oxygen atoms in total. The number of rotatable bonds is 6. The molecule has 0 saturated heterocycles. The van der Waals surface area contributed by atoms with Crippen molar-refractivity contribution in [1.82, 2.24) is 19.7 Å². The zero-order valence-corrected chi connectivity index (χ0v) is 12.7. The molecular formula is C17H22N4O. The van der Waals surface area contributed by atoms with Gasteiger partial charge in [-0.2, -0.15) is 0 Å². The Morgan fingerprint density at radius 2 is 2.05 bits per heavy atom. The molecule has 3 rings (SSSR count). The summed E-state index contributed by atoms with van der Waals surface area (Å²) in [5.41, 5.74) is 1.10. The van der Waals surface area contributed by atoms with E-state index in [9.17, 15) is 5.11 Å². The van der Waals surface area contributed by atoms with E-state index in [2.05, 4.69) is 38.4 Å². The summed E-state index contributed by atoms with van der Waals surface area (Å²) in [6, 6.07) is 10.2. The van der Waals surface area contributed by atoms with Crippen LogP contribution in [0.5, 0.6) is 0 Å². The van der Waals surface area contributed by atoms with E-state index in [1.54, 1.807) is 0 Å². The van der Waals surface area contributed by atoms with Gasteiger partial charge in [0.25, 0.3) is 0 Å². The van der Waals surface area contributed by atoms with Gasteiger partial charge in [0, 0.05) is 25.2 Å². The minimum absolute atomic E-state index is 0.305. The van der Waals surface area contributed by atoms with Gasteiger partial charge in [-0.3, -0.25) is 4.90 Å². The number of benzene rings is 1. The Balaban J connectivity index is 1.68. The summed E-state index contributed by atoms with van der Waals surface area (Å²) >= 11 is 0. The molecule has 1 aliphatic rings. The molecule has 22 heavy (non-hydrogen) atoms. The smallest absolute Gasteiger partial charge is 0.164 e. The molecule has 0 radical (unpaired) electrons. The van der Waals surface area contributed by atoms with Gasteiger partial charge in [-0.25, -0.2) is 0 Å². The molecule has 1 atom stereocenters. The number of fused-ring (bicyclic) bond motifs is 1. The van der Waals surface area contributed by atoms with Crippen LogP contribution in [0, 0.1) is 0 Å². The van der Waals surface area contributed by atoms with Crippen molar-refractivity contribution in [3.8, 4) is 11.4 Å². The van der Waals surface area contributed by atoms with Gasteiger partial charge in [-0.15, -0.1) is 16.8 Å². The van der Waals surface area contributed by atoms with Crippen molar-refractivity contribution in [3.63, 3.8) is 0 Å². The molecule has 0 saturated carbocycles. The Kier molecular flexibility index (Phi) is 4.65. The minimum atomic E-state index is -0.305. The zero-order valence-electron chi connectivity index (χ0n) is 12.7. The van der Waals surface area contributed by atoms with Gasteiger partial charge in [0.15, 0.2) is 5.82 Å². The Hall–Kier alpha value is -1.98. The SMILES string of the molecule is C=CCCC(O)CN1CCn2c(nnc2-c2ccccc2)C1. The third-order valence-corrected chi connectivity index (χ3v) is 4.04. The average Bonchev–Trinajstić information content (AvgIpc) is 2.97. The molecule has 1 aromatic carbocycles. The quantitative estimate of drug-likeness (QED) is 0.830. The number of aliphatic hydroxyl groups is 1. The van der Waals surface area contributed by atoms with Gasteiger partial charge in [-0.05, 0) is 12.8 Å². The third kappa shape index (κ3) is 3.26. The van der Waals surface area contributed by atoms with Crippen molar-refractivity contribution in [2.75, 3.05) is 13.1 Å². The van der Waals surface area contributed by atoms with Crippen LogP contribution >= 0.6 is 0 Å². The highest BCUT2D eigenvalue weighted by Gasteiger charge is 2.22. The maximum Gasteiger partial charge on any atom is 0.164 e. The molecule has 5 heteroatoms. The monoisotopic (exact) mass is 298 g/mol. The second-order valence-electron chi connectivity index (χ2n) is 5.71. The molecule has 1 N–H and O–H groups in total. The van der Waals surface area contributed by atoms with Gasteiger partial charge in [-0.1, -0.05) is 36.4 Å². The summed E-state index contributed by atoms with van der Waals surface area (Å²) in [7, 11) is 0. The molecule has 0 amide bonds. The Morgan fingerprint density at radius 1 is 1.23 bits per heavy atom. The summed E-state index contributed by atoms with van der Waals surface area (Å²) in [5, 5.41) is 18.7. The molecule has 116 valence electrons. The molecule has 0 fully saturated rings. The number of β-amino-alcohol motifs (C(OH)–C–C–N with tert-alkyl or cyclic N) is 1. The molecule has 0 aliphatic carbocycles. The zero-order chi connectivity index (χ0) is 15.4.